The fourth-order valence-electron chi connectivity index (χ4n) is 6.90. The summed E-state index contributed by atoms with van der Waals surface area (Å²) in [6, 6.07) is 10.4. The molecule has 4 heterocycles. The molecule has 3 N–H and O–H groups in total. The number of fused-ring (bicyclic) bond motifs is 1. The van der Waals surface area contributed by atoms with E-state index >= 15 is 0 Å². The van der Waals surface area contributed by atoms with Crippen molar-refractivity contribution in [3.05, 3.63) is 116 Å². The minimum absolute atomic E-state index is 0.0263. The van der Waals surface area contributed by atoms with Crippen molar-refractivity contribution in [1.29, 1.82) is 0 Å². The van der Waals surface area contributed by atoms with Gasteiger partial charge in [-0.05, 0) is 79.3 Å². The van der Waals surface area contributed by atoms with Gasteiger partial charge < -0.3 is 30.0 Å². The van der Waals surface area contributed by atoms with E-state index in [9.17, 15) is 54.1 Å². The van der Waals surface area contributed by atoms with E-state index in [-0.39, 0.29) is 56.9 Å². The molecule has 2 unspecified atom stereocenters. The monoisotopic (exact) mass is 1070 g/mol. The highest BCUT2D eigenvalue weighted by Gasteiger charge is 2.64. The van der Waals surface area contributed by atoms with Gasteiger partial charge in [0.2, 0.25) is 5.91 Å². The van der Waals surface area contributed by atoms with Crippen molar-refractivity contribution in [2.24, 2.45) is 10.3 Å². The molecule has 7 rings (SSSR count). The molecule has 1 aromatic heterocycles. The quantitative estimate of drug-likeness (QED) is 0.0915. The summed E-state index contributed by atoms with van der Waals surface area (Å²) in [5.74, 6) is -1.87. The van der Waals surface area contributed by atoms with Crippen LogP contribution in [0.1, 0.15) is 69.1 Å². The molecular weight excluding hydrogens is 1050 g/mol. The highest BCUT2D eigenvalue weighted by atomic mass is 35.5. The van der Waals surface area contributed by atoms with Crippen LogP contribution in [0.25, 0.3) is 0 Å². The van der Waals surface area contributed by atoms with Crippen molar-refractivity contribution in [1.82, 2.24) is 10.6 Å². The lowest BCUT2D eigenvalue weighted by Gasteiger charge is -2.30. The number of aryl methyl sites for hydroxylation is 1. The predicted octanol–water partition coefficient (Wildman–Crippen LogP) is 11.2. The average Bonchev–Trinajstić information content (AvgIpc) is 4.01. The Morgan fingerprint density at radius 2 is 1.24 bits per heavy atom. The number of carbonyl (C=O) groups excluding carboxylic acids is 2. The third-order valence-corrected chi connectivity index (χ3v) is 14.0. The van der Waals surface area contributed by atoms with Crippen LogP contribution in [0.5, 0.6) is 0 Å². The molecule has 3 aromatic carbocycles. The second-order valence-corrected chi connectivity index (χ2v) is 18.7. The predicted molar refractivity (Wildman–Crippen MR) is 232 cm³/mol. The number of rotatable bonds is 8. The van der Waals surface area contributed by atoms with Crippen LogP contribution in [-0.4, -0.2) is 67.0 Å². The fraction of sp³-hybridized carbons (Fsp3) is 0.333. The first kappa shape index (κ1) is 51.7. The van der Waals surface area contributed by atoms with E-state index in [0.717, 1.165) is 35.6 Å². The van der Waals surface area contributed by atoms with Crippen LogP contribution < -0.4 is 16.1 Å². The SMILES string of the molecule is CC1(C)OB(O)c2ccc(C3=NOC(c4cc(Cl)c(Cl)c(Cl)c4)(C(F)(F)F)C3)cc21.Cc1cc(C2=NOC(c3cc(Cl)c(Cl)c(Cl)c3)(C(F)(F)F)C2)sc1C(=O)NCC(=O)NCC(F)(F)F. The summed E-state index contributed by atoms with van der Waals surface area (Å²) in [4.78, 5) is 34.1. The number of halogens is 15. The summed E-state index contributed by atoms with van der Waals surface area (Å²) in [5.41, 5.74) is -5.24. The highest BCUT2D eigenvalue weighted by Crippen LogP contribution is 2.52. The highest BCUT2D eigenvalue weighted by molar-refractivity contribution is 7.16. The van der Waals surface area contributed by atoms with Crippen LogP contribution in [0.4, 0.5) is 39.5 Å². The molecule has 0 bridgehead atoms. The van der Waals surface area contributed by atoms with E-state index in [2.05, 4.69) is 15.6 Å². The van der Waals surface area contributed by atoms with E-state index < -0.39 is 85.8 Å². The van der Waals surface area contributed by atoms with Gasteiger partial charge in [-0.1, -0.05) is 92.0 Å². The van der Waals surface area contributed by atoms with E-state index in [1.807, 2.05) is 0 Å². The third kappa shape index (κ3) is 10.3. The summed E-state index contributed by atoms with van der Waals surface area (Å²) >= 11 is 36.2. The zero-order valence-electron chi connectivity index (χ0n) is 33.5. The first-order chi connectivity index (χ1) is 30.4. The Hall–Kier alpha value is -3.67. The molecule has 0 saturated heterocycles. The summed E-state index contributed by atoms with van der Waals surface area (Å²) < 4.78 is 127. The number of amides is 2. The molecule has 4 aromatic rings. The Balaban J connectivity index is 0.000000221. The number of alkyl halides is 9. The van der Waals surface area contributed by atoms with Gasteiger partial charge in [0.15, 0.2) is 0 Å². The van der Waals surface area contributed by atoms with Crippen LogP contribution in [0, 0.1) is 6.92 Å². The second kappa shape index (κ2) is 18.7. The zero-order chi connectivity index (χ0) is 49.1. The first-order valence-corrected chi connectivity index (χ1v) is 21.6. The molecule has 0 aliphatic carbocycles. The first-order valence-electron chi connectivity index (χ1n) is 18.6. The molecule has 0 fully saturated rings. The van der Waals surface area contributed by atoms with Crippen LogP contribution in [-0.2, 0) is 35.9 Å². The lowest BCUT2D eigenvalue weighted by Crippen LogP contribution is -2.42. The molecule has 2 amide bonds. The molecule has 10 nitrogen and oxygen atoms in total. The number of nitrogens with one attached hydrogen (secondary N) is 2. The topological polar surface area (TPSA) is 131 Å². The average molecular weight is 1080 g/mol. The van der Waals surface area contributed by atoms with Crippen LogP contribution in [0.3, 0.4) is 0 Å². The lowest BCUT2D eigenvalue weighted by molar-refractivity contribution is -0.276. The van der Waals surface area contributed by atoms with Gasteiger partial charge in [0.25, 0.3) is 17.1 Å². The van der Waals surface area contributed by atoms with E-state index in [1.54, 1.807) is 37.4 Å². The van der Waals surface area contributed by atoms with Gasteiger partial charge in [-0.25, -0.2) is 0 Å². The molecular formula is C39H28BCl6F9N4O6S. The number of hydrogen-bond donors (Lipinski definition) is 3. The lowest BCUT2D eigenvalue weighted by atomic mass is 9.77. The van der Waals surface area contributed by atoms with Crippen LogP contribution >= 0.6 is 80.9 Å². The minimum Gasteiger partial charge on any atom is -0.423 e. The Kier molecular flexibility index (Phi) is 14.6. The van der Waals surface area contributed by atoms with Gasteiger partial charge in [0.1, 0.15) is 12.3 Å². The van der Waals surface area contributed by atoms with E-state index in [1.165, 1.54) is 13.0 Å². The maximum atomic E-state index is 14.2. The summed E-state index contributed by atoms with van der Waals surface area (Å²) in [6.45, 7) is 2.72. The molecule has 2 atom stereocenters. The molecule has 0 spiro atoms. The van der Waals surface area contributed by atoms with Crippen molar-refractivity contribution in [3.63, 3.8) is 0 Å². The van der Waals surface area contributed by atoms with Crippen molar-refractivity contribution >= 4 is 117 Å². The number of carbonyl (C=O) groups is 2. The van der Waals surface area contributed by atoms with Gasteiger partial charge in [-0.2, -0.15) is 39.5 Å². The molecule has 3 aliphatic rings. The smallest absolute Gasteiger partial charge is 0.423 e. The number of hydrogen-bond acceptors (Lipinski definition) is 9. The molecule has 354 valence electrons. The maximum absolute atomic E-state index is 14.2. The second-order valence-electron chi connectivity index (χ2n) is 15.2. The van der Waals surface area contributed by atoms with E-state index in [4.69, 9.17) is 83.9 Å². The molecule has 66 heavy (non-hydrogen) atoms. The van der Waals surface area contributed by atoms with Gasteiger partial charge in [-0.15, -0.1) is 11.3 Å². The number of nitrogens with zero attached hydrogens (tertiary/aromatic N) is 2. The Labute approximate surface area is 402 Å². The van der Waals surface area contributed by atoms with Crippen LogP contribution in [0.2, 0.25) is 30.1 Å². The standard InChI is InChI=1S/C20H14Cl3F6N3O3S.C19H14BCl3F3NO3/c1-8-2-13(36-16(8)17(34)30-6-14(33)31-7-19(24,25)26)12-5-18(35-32-12,20(27,28)29)9-3-10(21)15(23)11(22)4-9;1-17(2)11-5-9(3-4-12(11)20(28)29-17)15-8-18(30-27-15,19(24,25)26)10-6-13(21)16(23)14(22)7-10/h2-4H,5-7H2,1H3,(H,30,34)(H,31,33);3-7,28H,8H2,1-2H3. The van der Waals surface area contributed by atoms with Crippen LogP contribution in [0.15, 0.2) is 58.8 Å². The molecule has 3 aliphatic heterocycles. The molecule has 0 radical (unpaired) electrons. The normalized spacial score (nSPS) is 20.1. The zero-order valence-corrected chi connectivity index (χ0v) is 38.8. The van der Waals surface area contributed by atoms with Crippen molar-refractivity contribution < 1.29 is 68.5 Å². The largest absolute Gasteiger partial charge is 0.492 e. The third-order valence-electron chi connectivity index (χ3n) is 10.3. The van der Waals surface area contributed by atoms with Crippen molar-refractivity contribution in [2.75, 3.05) is 13.1 Å². The summed E-state index contributed by atoms with van der Waals surface area (Å²) in [5, 5.41) is 20.3. The number of benzene rings is 3. The fourth-order valence-corrected chi connectivity index (χ4v) is 9.16. The van der Waals surface area contributed by atoms with Gasteiger partial charge >= 0.3 is 25.6 Å². The van der Waals surface area contributed by atoms with Gasteiger partial charge in [0.05, 0.1) is 64.2 Å². The van der Waals surface area contributed by atoms with Gasteiger partial charge in [0, 0.05) is 17.5 Å². The summed E-state index contributed by atoms with van der Waals surface area (Å²) in [7, 11) is -1.10. The number of oxime groups is 2. The van der Waals surface area contributed by atoms with E-state index in [0.29, 0.717) is 22.2 Å². The Morgan fingerprint density at radius 1 is 0.758 bits per heavy atom. The Morgan fingerprint density at radius 3 is 1.73 bits per heavy atom. The molecule has 27 heteroatoms. The van der Waals surface area contributed by atoms with Crippen molar-refractivity contribution in [2.45, 2.75) is 68.9 Å². The maximum Gasteiger partial charge on any atom is 0.492 e. The summed E-state index contributed by atoms with van der Waals surface area (Å²) in [6.07, 6.45) is -15.7. The van der Waals surface area contributed by atoms with Gasteiger partial charge in [-0.3, -0.25) is 9.59 Å². The number of thiophene rings is 1. The van der Waals surface area contributed by atoms with Crippen molar-refractivity contribution in [3.8, 4) is 0 Å². The Bertz CT molecular complexity index is 2620. The molecule has 0 saturated carbocycles. The minimum atomic E-state index is -4.95.